The number of carbonyl (C=O) groups excluding carboxylic acids is 1. The van der Waals surface area contributed by atoms with Gasteiger partial charge < -0.3 is 9.47 Å². The number of aliphatic imine (C=N–C) groups is 1. The molecule has 0 N–H and O–H groups in total. The van der Waals surface area contributed by atoms with E-state index >= 15 is 0 Å². The first-order valence-electron chi connectivity index (χ1n) is 11.6. The number of nitrogens with zero attached hydrogens (tertiary/aromatic N) is 3. The molecule has 0 aliphatic carbocycles. The third kappa shape index (κ3) is 5.29. The monoisotopic (exact) mass is 497 g/mol. The summed E-state index contributed by atoms with van der Waals surface area (Å²) in [6.45, 7) is 6.78. The molecule has 1 heterocycles. The molecular weight excluding hydrogens is 470 g/mol. The van der Waals surface area contributed by atoms with Crippen molar-refractivity contribution in [3.63, 3.8) is 0 Å². The average Bonchev–Trinajstić information content (AvgIpc) is 3.18. The molecule has 6 nitrogen and oxygen atoms in total. The first kappa shape index (κ1) is 25.1. The lowest BCUT2D eigenvalue weighted by Gasteiger charge is -2.13. The van der Waals surface area contributed by atoms with Crippen LogP contribution in [0.15, 0.2) is 70.6 Å². The van der Waals surface area contributed by atoms with Gasteiger partial charge in [-0.1, -0.05) is 42.5 Å². The van der Waals surface area contributed by atoms with Crippen LogP contribution in [0.1, 0.15) is 34.7 Å². The smallest absolute Gasteiger partial charge is 0.266 e. The number of hydrogen-bond donors (Lipinski definition) is 0. The highest BCUT2D eigenvalue weighted by molar-refractivity contribution is 8.18. The van der Waals surface area contributed by atoms with E-state index in [1.807, 2.05) is 81.4 Å². The van der Waals surface area contributed by atoms with Crippen molar-refractivity contribution in [1.82, 2.24) is 4.90 Å². The van der Waals surface area contributed by atoms with Crippen molar-refractivity contribution in [2.24, 2.45) is 4.99 Å². The van der Waals surface area contributed by atoms with Gasteiger partial charge >= 0.3 is 0 Å². The van der Waals surface area contributed by atoms with Crippen LogP contribution in [0.2, 0.25) is 0 Å². The van der Waals surface area contributed by atoms with Crippen molar-refractivity contribution in [2.75, 3.05) is 13.7 Å². The predicted molar refractivity (Wildman–Crippen MR) is 144 cm³/mol. The number of nitriles is 1. The average molecular weight is 498 g/mol. The number of para-hydroxylation sites is 1. The number of hydrogen-bond acceptors (Lipinski definition) is 6. The summed E-state index contributed by atoms with van der Waals surface area (Å²) in [5.41, 5.74) is 5.24. The Hall–Kier alpha value is -4.02. The van der Waals surface area contributed by atoms with Gasteiger partial charge in [0.05, 0.1) is 29.3 Å². The third-order valence-corrected chi connectivity index (χ3v) is 6.86. The molecule has 3 aromatic rings. The van der Waals surface area contributed by atoms with Crippen LogP contribution >= 0.6 is 11.8 Å². The Morgan fingerprint density at radius 1 is 1.06 bits per heavy atom. The fourth-order valence-corrected chi connectivity index (χ4v) is 4.95. The molecule has 0 unspecified atom stereocenters. The van der Waals surface area contributed by atoms with Crippen molar-refractivity contribution in [3.8, 4) is 17.6 Å². The second-order valence-electron chi connectivity index (χ2n) is 8.26. The summed E-state index contributed by atoms with van der Waals surface area (Å²) in [4.78, 5) is 20.3. The van der Waals surface area contributed by atoms with E-state index in [2.05, 4.69) is 6.07 Å². The number of aryl methyl sites for hydroxylation is 2. The molecule has 1 amide bonds. The second-order valence-corrected chi connectivity index (χ2v) is 9.27. The quantitative estimate of drug-likeness (QED) is 0.354. The summed E-state index contributed by atoms with van der Waals surface area (Å²) < 4.78 is 11.5. The van der Waals surface area contributed by atoms with Crippen LogP contribution in [0.25, 0.3) is 6.08 Å². The summed E-state index contributed by atoms with van der Waals surface area (Å²) >= 11 is 1.37. The van der Waals surface area contributed by atoms with Crippen molar-refractivity contribution in [3.05, 3.63) is 93.4 Å². The van der Waals surface area contributed by atoms with Gasteiger partial charge in [-0.05, 0) is 73.5 Å². The van der Waals surface area contributed by atoms with E-state index in [4.69, 9.17) is 14.5 Å². The minimum atomic E-state index is -0.0695. The molecule has 1 saturated heterocycles. The molecule has 36 heavy (non-hydrogen) atoms. The van der Waals surface area contributed by atoms with Gasteiger partial charge in [0.25, 0.3) is 5.91 Å². The molecule has 0 saturated carbocycles. The van der Waals surface area contributed by atoms with Crippen LogP contribution in [0.3, 0.4) is 0 Å². The number of ether oxygens (including phenoxy) is 2. The summed E-state index contributed by atoms with van der Waals surface area (Å²) in [5, 5.41) is 9.97. The highest BCUT2D eigenvalue weighted by Gasteiger charge is 2.32. The number of benzene rings is 3. The lowest BCUT2D eigenvalue weighted by molar-refractivity contribution is -0.122. The number of thioether (sulfide) groups is 1. The number of amides is 1. The summed E-state index contributed by atoms with van der Waals surface area (Å²) in [6.07, 6.45) is 1.85. The molecule has 0 atom stereocenters. The molecular formula is C29H27N3O3S. The molecule has 0 aromatic heterocycles. The van der Waals surface area contributed by atoms with Gasteiger partial charge in [-0.3, -0.25) is 9.69 Å². The second kappa shape index (κ2) is 11.1. The van der Waals surface area contributed by atoms with Crippen molar-refractivity contribution in [1.29, 1.82) is 5.26 Å². The first-order valence-corrected chi connectivity index (χ1v) is 12.4. The van der Waals surface area contributed by atoms with E-state index in [0.29, 0.717) is 33.7 Å². The van der Waals surface area contributed by atoms with E-state index in [1.165, 1.54) is 11.8 Å². The van der Waals surface area contributed by atoms with Crippen LogP contribution in [-0.2, 0) is 11.4 Å². The summed E-state index contributed by atoms with van der Waals surface area (Å²) in [7, 11) is 1.58. The lowest BCUT2D eigenvalue weighted by Crippen LogP contribution is -2.28. The van der Waals surface area contributed by atoms with Crippen LogP contribution in [-0.4, -0.2) is 29.6 Å². The first-order chi connectivity index (χ1) is 17.4. The lowest BCUT2D eigenvalue weighted by atomic mass is 10.1. The predicted octanol–water partition coefficient (Wildman–Crippen LogP) is 6.39. The zero-order chi connectivity index (χ0) is 25.7. The fraction of sp³-hybridized carbons (Fsp3) is 0.207. The van der Waals surface area contributed by atoms with E-state index in [9.17, 15) is 10.1 Å². The van der Waals surface area contributed by atoms with Crippen molar-refractivity contribution >= 4 is 34.6 Å². The molecule has 3 aromatic carbocycles. The van der Waals surface area contributed by atoms with Gasteiger partial charge in [0.15, 0.2) is 16.7 Å². The van der Waals surface area contributed by atoms with E-state index in [1.54, 1.807) is 18.1 Å². The Morgan fingerprint density at radius 2 is 1.81 bits per heavy atom. The van der Waals surface area contributed by atoms with E-state index in [0.717, 1.165) is 27.9 Å². The van der Waals surface area contributed by atoms with E-state index in [-0.39, 0.29) is 12.5 Å². The van der Waals surface area contributed by atoms with Crippen LogP contribution in [0, 0.1) is 25.2 Å². The molecule has 0 spiro atoms. The maximum absolute atomic E-state index is 13.1. The van der Waals surface area contributed by atoms with Crippen LogP contribution < -0.4 is 9.47 Å². The van der Waals surface area contributed by atoms with Crippen molar-refractivity contribution in [2.45, 2.75) is 27.4 Å². The standard InChI is InChI=1S/C29H27N3O3S/c1-5-32-28(33)26(36-29(32)31-27-19(2)9-8-10-20(27)3)16-21-13-14-24(25(15-21)34-4)35-18-23-12-7-6-11-22(23)17-30/h6-16H,5,18H2,1-4H3/b26-16+,31-29?. The highest BCUT2D eigenvalue weighted by Crippen LogP contribution is 2.37. The number of methoxy groups -OCH3 is 1. The third-order valence-electron chi connectivity index (χ3n) is 5.86. The van der Waals surface area contributed by atoms with Gasteiger partial charge in [0.2, 0.25) is 0 Å². The van der Waals surface area contributed by atoms with Crippen LogP contribution in [0.4, 0.5) is 5.69 Å². The Balaban J connectivity index is 1.58. The van der Waals surface area contributed by atoms with Gasteiger partial charge in [-0.15, -0.1) is 0 Å². The molecule has 7 heteroatoms. The SMILES string of the molecule is CCN1C(=O)/C(=C\c2ccc(OCc3ccccc3C#N)c(OC)c2)SC1=Nc1c(C)cccc1C. The van der Waals surface area contributed by atoms with Gasteiger partial charge in [0.1, 0.15) is 6.61 Å². The topological polar surface area (TPSA) is 74.9 Å². The minimum absolute atomic E-state index is 0.0695. The molecule has 4 rings (SSSR count). The molecule has 1 aliphatic heterocycles. The molecule has 0 bridgehead atoms. The summed E-state index contributed by atoms with van der Waals surface area (Å²) in [5.74, 6) is 1.04. The van der Waals surface area contributed by atoms with Crippen molar-refractivity contribution < 1.29 is 14.3 Å². The Kier molecular flexibility index (Phi) is 7.77. The van der Waals surface area contributed by atoms with E-state index < -0.39 is 0 Å². The number of rotatable bonds is 7. The van der Waals surface area contributed by atoms with Gasteiger partial charge in [-0.2, -0.15) is 5.26 Å². The Labute approximate surface area is 215 Å². The number of carbonyl (C=O) groups is 1. The molecule has 1 fully saturated rings. The molecule has 0 radical (unpaired) electrons. The largest absolute Gasteiger partial charge is 0.493 e. The Bertz CT molecular complexity index is 1380. The molecule has 182 valence electrons. The maximum atomic E-state index is 13.1. The maximum Gasteiger partial charge on any atom is 0.266 e. The van der Waals surface area contributed by atoms with Gasteiger partial charge in [-0.25, -0.2) is 4.99 Å². The van der Waals surface area contributed by atoms with Gasteiger partial charge in [0, 0.05) is 12.1 Å². The number of amidine groups is 1. The Morgan fingerprint density at radius 3 is 2.50 bits per heavy atom. The highest BCUT2D eigenvalue weighted by atomic mass is 32.2. The van der Waals surface area contributed by atoms with Crippen LogP contribution in [0.5, 0.6) is 11.5 Å². The summed E-state index contributed by atoms with van der Waals surface area (Å²) in [6, 6.07) is 21.1. The molecule has 1 aliphatic rings. The zero-order valence-corrected chi connectivity index (χ0v) is 21.6. The minimum Gasteiger partial charge on any atom is -0.493 e. The zero-order valence-electron chi connectivity index (χ0n) is 20.7. The normalized spacial score (nSPS) is 15.4. The fourth-order valence-electron chi connectivity index (χ4n) is 3.90. The number of likely N-dealkylation sites (N-methyl/N-ethyl adjacent to an activating group) is 1.